The second kappa shape index (κ2) is 4.37. The molecule has 0 fully saturated rings. The normalized spacial score (nSPS) is 29.0. The zero-order valence-electron chi connectivity index (χ0n) is 11.5. The van der Waals surface area contributed by atoms with E-state index >= 15 is 0 Å². The Kier molecular flexibility index (Phi) is 2.81. The van der Waals surface area contributed by atoms with Gasteiger partial charge in [-0.2, -0.15) is 0 Å². The van der Waals surface area contributed by atoms with Crippen LogP contribution < -0.4 is 0 Å². The molecule has 1 aromatic carbocycles. The molecule has 1 aliphatic heterocycles. The van der Waals surface area contributed by atoms with Gasteiger partial charge in [-0.15, -0.1) is 0 Å². The van der Waals surface area contributed by atoms with Crippen LogP contribution >= 0.6 is 0 Å². The van der Waals surface area contributed by atoms with Crippen molar-refractivity contribution in [2.24, 2.45) is 5.92 Å². The van der Waals surface area contributed by atoms with Gasteiger partial charge >= 0.3 is 0 Å². The fourth-order valence-corrected chi connectivity index (χ4v) is 3.49. The second-order valence-electron chi connectivity index (χ2n) is 5.43. The summed E-state index contributed by atoms with van der Waals surface area (Å²) in [5.41, 5.74) is 3.43. The van der Waals surface area contributed by atoms with E-state index in [0.717, 1.165) is 11.3 Å². The third kappa shape index (κ3) is 1.83. The molecule has 0 bridgehead atoms. The predicted molar refractivity (Wildman–Crippen MR) is 74.7 cm³/mol. The number of ether oxygens (including phenoxy) is 1. The fourth-order valence-electron chi connectivity index (χ4n) is 3.49. The highest BCUT2D eigenvalue weighted by Gasteiger charge is 2.46. The van der Waals surface area contributed by atoms with E-state index in [9.17, 15) is 4.79 Å². The van der Waals surface area contributed by atoms with Gasteiger partial charge in [-0.1, -0.05) is 35.9 Å². The highest BCUT2D eigenvalue weighted by atomic mass is 16.5. The van der Waals surface area contributed by atoms with Gasteiger partial charge in [-0.3, -0.25) is 4.79 Å². The molecule has 1 heterocycles. The van der Waals surface area contributed by atoms with Crippen molar-refractivity contribution in [2.75, 3.05) is 0 Å². The molecule has 0 spiro atoms. The molecule has 3 rings (SSSR count). The van der Waals surface area contributed by atoms with Crippen LogP contribution in [-0.2, 0) is 9.53 Å². The van der Waals surface area contributed by atoms with Gasteiger partial charge in [0.2, 0.25) is 0 Å². The first-order valence-electron chi connectivity index (χ1n) is 6.71. The molecule has 2 heteroatoms. The number of hydrogen-bond acceptors (Lipinski definition) is 2. The number of carbonyl (C=O) groups excluding carboxylic acids is 1. The van der Waals surface area contributed by atoms with Gasteiger partial charge < -0.3 is 4.74 Å². The lowest BCUT2D eigenvalue weighted by atomic mass is 9.79. The highest BCUT2D eigenvalue weighted by Crippen LogP contribution is 2.49. The van der Waals surface area contributed by atoms with Crippen molar-refractivity contribution in [1.82, 2.24) is 0 Å². The number of Topliss-reactive ketones (excluding diaryl/α,β-unsaturated/α-hetero) is 1. The fraction of sp³-hybridized carbons (Fsp3) is 0.353. The first kappa shape index (κ1) is 12.2. The molecule has 19 heavy (non-hydrogen) atoms. The van der Waals surface area contributed by atoms with Gasteiger partial charge in [-0.05, 0) is 32.4 Å². The lowest BCUT2D eigenvalue weighted by Crippen LogP contribution is -2.21. The molecule has 98 valence electrons. The van der Waals surface area contributed by atoms with Crippen LogP contribution in [0.3, 0.4) is 0 Å². The standard InChI is InChI=1S/C17H18O2/c1-10-9-14-17(16(11(2)18)12(3)19-14)15(10)13-7-5-4-6-8-13/h4-9,14-15,17H,1-3H3/t14-,15?,17-/m1/s1. The van der Waals surface area contributed by atoms with Crippen molar-refractivity contribution >= 4 is 5.78 Å². The van der Waals surface area contributed by atoms with Crippen LogP contribution in [0.5, 0.6) is 0 Å². The van der Waals surface area contributed by atoms with E-state index in [2.05, 4.69) is 37.3 Å². The smallest absolute Gasteiger partial charge is 0.159 e. The van der Waals surface area contributed by atoms with Gasteiger partial charge in [0.05, 0.1) is 0 Å². The lowest BCUT2D eigenvalue weighted by Gasteiger charge is -2.22. The summed E-state index contributed by atoms with van der Waals surface area (Å²) in [7, 11) is 0. The maximum atomic E-state index is 11.9. The molecular weight excluding hydrogens is 236 g/mol. The minimum absolute atomic E-state index is 0.0316. The summed E-state index contributed by atoms with van der Waals surface area (Å²) in [6.07, 6.45) is 2.20. The summed E-state index contributed by atoms with van der Waals surface area (Å²) in [6.45, 7) is 5.67. The molecule has 1 aliphatic carbocycles. The predicted octanol–water partition coefficient (Wildman–Crippen LogP) is 3.61. The average molecular weight is 254 g/mol. The van der Waals surface area contributed by atoms with E-state index in [4.69, 9.17) is 4.74 Å². The van der Waals surface area contributed by atoms with Gasteiger partial charge in [0, 0.05) is 17.4 Å². The summed E-state index contributed by atoms with van der Waals surface area (Å²) < 4.78 is 5.86. The Labute approximate surface area is 113 Å². The lowest BCUT2D eigenvalue weighted by molar-refractivity contribution is -0.114. The first-order valence-corrected chi connectivity index (χ1v) is 6.71. The maximum absolute atomic E-state index is 11.9. The third-order valence-electron chi connectivity index (χ3n) is 4.19. The molecule has 1 unspecified atom stereocenters. The second-order valence-corrected chi connectivity index (χ2v) is 5.43. The molecule has 0 radical (unpaired) electrons. The van der Waals surface area contributed by atoms with E-state index in [1.54, 1.807) is 6.92 Å². The molecule has 2 nitrogen and oxygen atoms in total. The minimum atomic E-state index is 0.0316. The van der Waals surface area contributed by atoms with Crippen molar-refractivity contribution in [3.05, 3.63) is 58.9 Å². The first-order chi connectivity index (χ1) is 9.09. The van der Waals surface area contributed by atoms with Crippen molar-refractivity contribution in [2.45, 2.75) is 32.8 Å². The monoisotopic (exact) mass is 254 g/mol. The number of ketones is 1. The Balaban J connectivity index is 2.05. The Bertz CT molecular complexity index is 581. The number of allylic oxidation sites excluding steroid dienone is 2. The minimum Gasteiger partial charge on any atom is -0.490 e. The van der Waals surface area contributed by atoms with Crippen molar-refractivity contribution in [3.63, 3.8) is 0 Å². The van der Waals surface area contributed by atoms with Crippen LogP contribution in [0.1, 0.15) is 32.3 Å². The van der Waals surface area contributed by atoms with Gasteiger partial charge in [-0.25, -0.2) is 0 Å². The Hall–Kier alpha value is -1.83. The summed E-state index contributed by atoms with van der Waals surface area (Å²) >= 11 is 0. The zero-order valence-corrected chi connectivity index (χ0v) is 11.5. The topological polar surface area (TPSA) is 26.3 Å². The quantitative estimate of drug-likeness (QED) is 0.754. The van der Waals surface area contributed by atoms with E-state index in [0.29, 0.717) is 0 Å². The van der Waals surface area contributed by atoms with Crippen LogP contribution in [0.25, 0.3) is 0 Å². The van der Waals surface area contributed by atoms with Crippen LogP contribution in [-0.4, -0.2) is 11.9 Å². The average Bonchev–Trinajstić information content (AvgIpc) is 2.82. The third-order valence-corrected chi connectivity index (χ3v) is 4.19. The summed E-state index contributed by atoms with van der Waals surface area (Å²) in [4.78, 5) is 11.9. The number of hydrogen-bond donors (Lipinski definition) is 0. The molecule has 3 atom stereocenters. The molecule has 0 saturated heterocycles. The number of benzene rings is 1. The van der Waals surface area contributed by atoms with Crippen molar-refractivity contribution < 1.29 is 9.53 Å². The molecular formula is C17H18O2. The summed E-state index contributed by atoms with van der Waals surface area (Å²) in [6, 6.07) is 10.4. The highest BCUT2D eigenvalue weighted by molar-refractivity contribution is 5.95. The molecule has 0 aromatic heterocycles. The van der Waals surface area contributed by atoms with Crippen LogP contribution in [0.4, 0.5) is 0 Å². The van der Waals surface area contributed by atoms with Crippen LogP contribution in [0, 0.1) is 5.92 Å². The number of fused-ring (bicyclic) bond motifs is 1. The van der Waals surface area contributed by atoms with Crippen molar-refractivity contribution in [3.8, 4) is 0 Å². The molecule has 0 N–H and O–H groups in total. The Morgan fingerprint density at radius 1 is 1.16 bits per heavy atom. The van der Waals surface area contributed by atoms with Crippen LogP contribution in [0.2, 0.25) is 0 Å². The molecule has 0 amide bonds. The summed E-state index contributed by atoms with van der Waals surface area (Å²) in [5, 5.41) is 0. The largest absolute Gasteiger partial charge is 0.490 e. The van der Waals surface area contributed by atoms with E-state index < -0.39 is 0 Å². The van der Waals surface area contributed by atoms with Crippen LogP contribution in [0.15, 0.2) is 53.3 Å². The maximum Gasteiger partial charge on any atom is 0.159 e. The zero-order chi connectivity index (χ0) is 13.6. The molecule has 1 aromatic rings. The van der Waals surface area contributed by atoms with Gasteiger partial charge in [0.25, 0.3) is 0 Å². The SMILES string of the molecule is CC(=O)C1=C(C)O[C@@H]2C=C(C)C(c3ccccc3)[C@H]12. The van der Waals surface area contributed by atoms with E-state index in [-0.39, 0.29) is 23.7 Å². The summed E-state index contributed by atoms with van der Waals surface area (Å²) in [5.74, 6) is 1.35. The Morgan fingerprint density at radius 3 is 2.47 bits per heavy atom. The number of carbonyl (C=O) groups is 1. The Morgan fingerprint density at radius 2 is 1.84 bits per heavy atom. The molecule has 0 saturated carbocycles. The van der Waals surface area contributed by atoms with E-state index in [1.807, 2.05) is 13.0 Å². The van der Waals surface area contributed by atoms with E-state index in [1.165, 1.54) is 11.1 Å². The van der Waals surface area contributed by atoms with Gasteiger partial charge in [0.15, 0.2) is 5.78 Å². The van der Waals surface area contributed by atoms with Crippen molar-refractivity contribution in [1.29, 1.82) is 0 Å². The number of rotatable bonds is 2. The molecule has 2 aliphatic rings. The van der Waals surface area contributed by atoms with Gasteiger partial charge in [0.1, 0.15) is 11.9 Å².